The second kappa shape index (κ2) is 20.7. The number of carbonyl (C=O) groups is 4. The molecule has 2 fully saturated rings. The van der Waals surface area contributed by atoms with Gasteiger partial charge in [-0.2, -0.15) is 0 Å². The number of pyridine rings is 1. The van der Waals surface area contributed by atoms with Crippen LogP contribution in [0.5, 0.6) is 11.5 Å². The van der Waals surface area contributed by atoms with Crippen molar-refractivity contribution in [2.75, 3.05) is 38.3 Å². The average molecular weight is 911 g/mol. The molecule has 19 heteroatoms. The van der Waals surface area contributed by atoms with Crippen LogP contribution in [0.15, 0.2) is 41.8 Å². The number of likely N-dealkylation sites (N-methyl/N-ethyl adjacent to an activating group) is 1. The highest BCUT2D eigenvalue weighted by atomic mass is 32.2. The van der Waals surface area contributed by atoms with E-state index in [-0.39, 0.29) is 50.1 Å². The van der Waals surface area contributed by atoms with E-state index in [9.17, 15) is 32.7 Å². The summed E-state index contributed by atoms with van der Waals surface area (Å²) in [6, 6.07) is 4.08. The van der Waals surface area contributed by atoms with Gasteiger partial charge in [0.05, 0.1) is 30.6 Å². The lowest BCUT2D eigenvalue weighted by Gasteiger charge is -2.36. The Labute approximate surface area is 373 Å². The maximum atomic E-state index is 14.9. The molecule has 0 bridgehead atoms. The summed E-state index contributed by atoms with van der Waals surface area (Å²) < 4.78 is 38.9. The quantitative estimate of drug-likeness (QED) is 0.119. The predicted molar refractivity (Wildman–Crippen MR) is 242 cm³/mol. The average Bonchev–Trinajstić information content (AvgIpc) is 3.88. The van der Waals surface area contributed by atoms with E-state index in [1.165, 1.54) is 33.7 Å². The minimum Gasteiger partial charge on any atom is -0.497 e. The Kier molecular flexibility index (Phi) is 15.6. The maximum Gasteiger partial charge on any atom is 0.333 e. The summed E-state index contributed by atoms with van der Waals surface area (Å²) in [7, 11) is -0.442. The summed E-state index contributed by atoms with van der Waals surface area (Å²) in [4.78, 5) is 67.0. The lowest BCUT2D eigenvalue weighted by molar-refractivity contribution is -0.147. The van der Waals surface area contributed by atoms with Crippen LogP contribution in [0.25, 0.3) is 22.3 Å². The number of carboxylic acids is 1. The number of nitrogens with zero attached hydrogens (tertiary/aromatic N) is 4. The predicted octanol–water partition coefficient (Wildman–Crippen LogP) is 5.52. The first-order valence-electron chi connectivity index (χ1n) is 22.0. The summed E-state index contributed by atoms with van der Waals surface area (Å²) in [6.45, 7) is 7.35. The molecule has 5 N–H and O–H groups in total. The zero-order valence-electron chi connectivity index (χ0n) is 37.0. The summed E-state index contributed by atoms with van der Waals surface area (Å²) in [6.07, 6.45) is 8.11. The highest BCUT2D eigenvalue weighted by Crippen LogP contribution is 2.36. The minimum atomic E-state index is -3.51. The van der Waals surface area contributed by atoms with Gasteiger partial charge in [0.2, 0.25) is 21.8 Å². The number of carbonyl (C=O) groups excluding carboxylic acids is 3. The molecule has 1 saturated heterocycles. The number of ether oxygens (including phenoxy) is 2. The Hall–Kier alpha value is -5.01. The van der Waals surface area contributed by atoms with Gasteiger partial charge in [-0.05, 0) is 77.3 Å². The number of carboxylic acid groups (broad SMARTS) is 1. The van der Waals surface area contributed by atoms with Crippen LogP contribution in [-0.2, 0) is 24.4 Å². The monoisotopic (exact) mass is 910 g/mol. The molecule has 63 heavy (non-hydrogen) atoms. The number of rotatable bonds is 15. The number of methoxy groups -OCH3 is 1. The number of thiazole rings is 1. The molecule has 0 radical (unpaired) electrons. The van der Waals surface area contributed by atoms with Gasteiger partial charge in [0.1, 0.15) is 35.4 Å². The van der Waals surface area contributed by atoms with E-state index in [1.54, 1.807) is 45.2 Å². The van der Waals surface area contributed by atoms with Gasteiger partial charge in [0.15, 0.2) is 10.7 Å². The van der Waals surface area contributed by atoms with Crippen LogP contribution in [-0.4, -0.2) is 125 Å². The van der Waals surface area contributed by atoms with E-state index >= 15 is 0 Å². The number of urea groups is 1. The van der Waals surface area contributed by atoms with Crippen LogP contribution < -0.4 is 30.7 Å². The minimum absolute atomic E-state index is 0.0239. The van der Waals surface area contributed by atoms with Gasteiger partial charge in [0, 0.05) is 55.0 Å². The molecule has 2 aliphatic heterocycles. The largest absolute Gasteiger partial charge is 0.497 e. The molecule has 5 atom stereocenters. The smallest absolute Gasteiger partial charge is 0.333 e. The first-order valence-corrected chi connectivity index (χ1v) is 24.5. The van der Waals surface area contributed by atoms with Crippen LogP contribution in [0.1, 0.15) is 91.9 Å². The molecule has 344 valence electrons. The van der Waals surface area contributed by atoms with Crippen molar-refractivity contribution in [2.24, 2.45) is 5.92 Å². The van der Waals surface area contributed by atoms with Gasteiger partial charge in [-0.3, -0.25) is 9.59 Å². The van der Waals surface area contributed by atoms with Gasteiger partial charge in [-0.25, -0.2) is 32.3 Å². The first kappa shape index (κ1) is 47.5. The van der Waals surface area contributed by atoms with Crippen LogP contribution in [0, 0.1) is 5.92 Å². The molecule has 4 amide bonds. The Bertz CT molecular complexity index is 2270. The van der Waals surface area contributed by atoms with Gasteiger partial charge in [-0.15, -0.1) is 11.3 Å². The lowest BCUT2D eigenvalue weighted by atomic mass is 9.79. The topological polar surface area (TPSA) is 221 Å². The molecule has 1 aliphatic carbocycles. The molecule has 4 heterocycles. The number of allylic oxidation sites excluding steroid dienone is 1. The molecule has 3 aromatic rings. The number of sulfonamides is 1. The van der Waals surface area contributed by atoms with Crippen molar-refractivity contribution in [1.82, 2.24) is 35.1 Å². The third-order valence-electron chi connectivity index (χ3n) is 12.3. The summed E-state index contributed by atoms with van der Waals surface area (Å²) >= 11 is 1.45. The Morgan fingerprint density at radius 1 is 1.08 bits per heavy atom. The number of benzene rings is 1. The van der Waals surface area contributed by atoms with Crippen LogP contribution in [0.4, 0.5) is 9.93 Å². The van der Waals surface area contributed by atoms with Gasteiger partial charge in [-0.1, -0.05) is 38.3 Å². The number of hydrogen-bond acceptors (Lipinski definition) is 12. The van der Waals surface area contributed by atoms with Crippen molar-refractivity contribution in [2.45, 2.75) is 128 Å². The SMILES string of the molecule is CC[C@]1(C(=O)O)/C=C\CCCCC[C@H](NC(=O)NC(CN(C)S(=O)(=O)CC)C2CCC2)C(=O)N2C[C@H](Oc3cc(-c4csc(NC(C)C)n4)nc4cc(OC)ccc34)C[C@H]2C(=O)N1. The number of hydrogen-bond donors (Lipinski definition) is 5. The van der Waals surface area contributed by atoms with Crippen LogP contribution >= 0.6 is 11.3 Å². The van der Waals surface area contributed by atoms with Crippen molar-refractivity contribution in [3.05, 3.63) is 41.8 Å². The van der Waals surface area contributed by atoms with Gasteiger partial charge >= 0.3 is 12.0 Å². The summed E-state index contributed by atoms with van der Waals surface area (Å²) in [5, 5.41) is 25.7. The van der Waals surface area contributed by atoms with E-state index in [4.69, 9.17) is 19.4 Å². The van der Waals surface area contributed by atoms with Crippen LogP contribution in [0.2, 0.25) is 0 Å². The number of nitrogens with one attached hydrogen (secondary N) is 4. The number of fused-ring (bicyclic) bond motifs is 2. The normalized spacial score (nSPS) is 23.6. The molecule has 17 nitrogen and oxygen atoms in total. The Balaban J connectivity index is 1.32. The second-order valence-electron chi connectivity index (χ2n) is 17.0. The molecule has 1 saturated carbocycles. The zero-order valence-corrected chi connectivity index (χ0v) is 38.6. The molecule has 0 spiro atoms. The molecular formula is C44H62N8O9S2. The summed E-state index contributed by atoms with van der Waals surface area (Å²) in [5.41, 5.74) is 0.0277. The van der Waals surface area contributed by atoms with E-state index in [0.717, 1.165) is 24.4 Å². The van der Waals surface area contributed by atoms with Crippen molar-refractivity contribution in [1.29, 1.82) is 0 Å². The standard InChI is InChI=1S/C44H62N8O9S2/c1-7-44(41(55)56)20-13-11-9-10-12-17-32(47-42(57)48-35(28-15-14-16-28)25-51(5)63(58,59)8-2)40(54)52-24-30(22-37(52)39(53)50-44)61-38-23-34(36-26-62-43(49-36)45-27(3)4)46-33-21-29(60-6)18-19-31(33)38/h13,18-21,23,26-28,30,32,35,37H,7-12,14-17,22,24-25H2,1-6H3,(H,45,49)(H,50,53)(H,55,56)(H2,47,48,57)/b20-13-/t30-,32+,35?,37+,44-/m1/s1. The van der Waals surface area contributed by atoms with Crippen molar-refractivity contribution < 1.29 is 42.2 Å². The van der Waals surface area contributed by atoms with Crippen molar-refractivity contribution in [3.8, 4) is 22.9 Å². The van der Waals surface area contributed by atoms with E-state index < -0.39 is 63.6 Å². The highest BCUT2D eigenvalue weighted by Gasteiger charge is 2.46. The number of aliphatic carboxylic acids is 1. The molecule has 6 rings (SSSR count). The summed E-state index contributed by atoms with van der Waals surface area (Å²) in [5.74, 6) is -1.36. The number of aromatic nitrogens is 2. The number of anilines is 1. The zero-order chi connectivity index (χ0) is 45.5. The lowest BCUT2D eigenvalue weighted by Crippen LogP contribution is -2.60. The molecular weight excluding hydrogens is 849 g/mol. The molecule has 1 aromatic carbocycles. The van der Waals surface area contributed by atoms with E-state index in [1.807, 2.05) is 25.3 Å². The van der Waals surface area contributed by atoms with Gasteiger partial charge < -0.3 is 40.7 Å². The maximum absolute atomic E-state index is 14.9. The van der Waals surface area contributed by atoms with Gasteiger partial charge in [0.25, 0.3) is 0 Å². The number of amides is 4. The van der Waals surface area contributed by atoms with Crippen molar-refractivity contribution >= 4 is 61.2 Å². The van der Waals surface area contributed by atoms with Crippen molar-refractivity contribution in [3.63, 3.8) is 0 Å². The third kappa shape index (κ3) is 11.4. The molecule has 1 unspecified atom stereocenters. The highest BCUT2D eigenvalue weighted by molar-refractivity contribution is 7.89. The first-order chi connectivity index (χ1) is 30.1. The second-order valence-corrected chi connectivity index (χ2v) is 20.2. The van der Waals surface area contributed by atoms with Crippen LogP contribution in [0.3, 0.4) is 0 Å². The Morgan fingerprint density at radius 3 is 2.52 bits per heavy atom. The fourth-order valence-corrected chi connectivity index (χ4v) is 9.96. The van der Waals surface area contributed by atoms with E-state index in [0.29, 0.717) is 59.5 Å². The molecule has 3 aliphatic rings. The Morgan fingerprint density at radius 2 is 1.86 bits per heavy atom. The van der Waals surface area contributed by atoms with E-state index in [2.05, 4.69) is 21.3 Å². The fourth-order valence-electron chi connectivity index (χ4n) is 8.28. The molecule has 2 aromatic heterocycles. The fraction of sp³-hybridized carbons (Fsp3) is 0.591. The third-order valence-corrected chi connectivity index (χ3v) is 14.9.